The van der Waals surface area contributed by atoms with Crippen LogP contribution in [0.3, 0.4) is 0 Å². The van der Waals surface area contributed by atoms with E-state index in [0.29, 0.717) is 36.5 Å². The minimum absolute atomic E-state index is 0.0205. The van der Waals surface area contributed by atoms with E-state index in [-0.39, 0.29) is 12.1 Å². The van der Waals surface area contributed by atoms with Crippen LogP contribution in [0.25, 0.3) is 10.9 Å². The predicted octanol–water partition coefficient (Wildman–Crippen LogP) is 1.70. The normalized spacial score (nSPS) is 15.8. The Kier molecular flexibility index (Phi) is 4.16. The fourth-order valence-electron chi connectivity index (χ4n) is 2.98. The maximum absolute atomic E-state index is 11.8. The lowest BCUT2D eigenvalue weighted by Crippen LogP contribution is -2.57. The molecule has 0 aliphatic carbocycles. The largest absolute Gasteiger partial charge is 0.484 e. The summed E-state index contributed by atoms with van der Waals surface area (Å²) in [5, 5.41) is 17.2. The molecule has 7 nitrogen and oxygen atoms in total. The van der Waals surface area contributed by atoms with Gasteiger partial charge < -0.3 is 9.47 Å². The molecule has 126 valence electrons. The smallest absolute Gasteiger partial charge is 0.312 e. The van der Waals surface area contributed by atoms with Crippen molar-refractivity contribution >= 4 is 16.9 Å². The minimum atomic E-state index is -0.556. The maximum Gasteiger partial charge on any atom is 0.312 e. The molecule has 7 heteroatoms. The van der Waals surface area contributed by atoms with Crippen LogP contribution in [-0.4, -0.2) is 53.9 Å². The summed E-state index contributed by atoms with van der Waals surface area (Å²) in [6, 6.07) is 5.73. The number of aromatic amines is 1. The number of ether oxygens (including phenoxy) is 2. The Morgan fingerprint density at radius 2 is 2.25 bits per heavy atom. The standard InChI is InChI=1S/C17H20N4O3/c1-17(2,16(22)23-3)10-21-8-13(9-21)24-15-11(6-18)4-5-12-7-19-20-14(12)15/h4-5,7,13H,8-10H2,1-3H3,(H,19,20). The van der Waals surface area contributed by atoms with Gasteiger partial charge in [0.1, 0.15) is 17.7 Å². The van der Waals surface area contributed by atoms with Crippen molar-refractivity contribution < 1.29 is 14.3 Å². The third kappa shape index (κ3) is 2.93. The van der Waals surface area contributed by atoms with E-state index in [1.54, 1.807) is 12.3 Å². The highest BCUT2D eigenvalue weighted by molar-refractivity contribution is 5.86. The molecule has 1 aromatic carbocycles. The van der Waals surface area contributed by atoms with Gasteiger partial charge in [-0.25, -0.2) is 0 Å². The van der Waals surface area contributed by atoms with Crippen LogP contribution >= 0.6 is 0 Å². The SMILES string of the molecule is COC(=O)C(C)(C)CN1CC(Oc2c(C#N)ccc3c[nH]nc23)C1. The van der Waals surface area contributed by atoms with Crippen LogP contribution < -0.4 is 4.74 Å². The number of aromatic nitrogens is 2. The van der Waals surface area contributed by atoms with Crippen molar-refractivity contribution in [1.29, 1.82) is 5.26 Å². The molecule has 1 saturated heterocycles. The van der Waals surface area contributed by atoms with Gasteiger partial charge >= 0.3 is 5.97 Å². The number of nitriles is 1. The highest BCUT2D eigenvalue weighted by Crippen LogP contribution is 2.31. The second kappa shape index (κ2) is 6.13. The zero-order chi connectivity index (χ0) is 17.3. The quantitative estimate of drug-likeness (QED) is 0.840. The fourth-order valence-corrected chi connectivity index (χ4v) is 2.98. The van der Waals surface area contributed by atoms with Gasteiger partial charge in [-0.2, -0.15) is 10.4 Å². The molecular weight excluding hydrogens is 308 g/mol. The summed E-state index contributed by atoms with van der Waals surface area (Å²) in [7, 11) is 1.40. The van der Waals surface area contributed by atoms with Crippen molar-refractivity contribution in [3.63, 3.8) is 0 Å². The van der Waals surface area contributed by atoms with Gasteiger partial charge in [0, 0.05) is 31.2 Å². The molecule has 24 heavy (non-hydrogen) atoms. The Balaban J connectivity index is 1.65. The molecule has 0 spiro atoms. The molecule has 1 N–H and O–H groups in total. The van der Waals surface area contributed by atoms with Gasteiger partial charge in [-0.1, -0.05) is 0 Å². The van der Waals surface area contributed by atoms with E-state index in [4.69, 9.17) is 9.47 Å². The van der Waals surface area contributed by atoms with Crippen LogP contribution in [0.2, 0.25) is 0 Å². The van der Waals surface area contributed by atoms with Gasteiger partial charge in [0.05, 0.1) is 18.1 Å². The fraction of sp³-hybridized carbons (Fsp3) is 0.471. The molecule has 1 aromatic heterocycles. The number of hydrogen-bond donors (Lipinski definition) is 1. The Hall–Kier alpha value is -2.59. The highest BCUT2D eigenvalue weighted by atomic mass is 16.5. The van der Waals surface area contributed by atoms with Gasteiger partial charge in [0.2, 0.25) is 0 Å². The van der Waals surface area contributed by atoms with E-state index in [1.165, 1.54) is 7.11 Å². The van der Waals surface area contributed by atoms with E-state index in [9.17, 15) is 10.1 Å². The number of carbonyl (C=O) groups is 1. The number of rotatable bonds is 5. The number of methoxy groups -OCH3 is 1. The van der Waals surface area contributed by atoms with Crippen LogP contribution in [0, 0.1) is 16.7 Å². The molecule has 0 bridgehead atoms. The van der Waals surface area contributed by atoms with Crippen LogP contribution in [0.4, 0.5) is 0 Å². The molecule has 1 aliphatic rings. The highest BCUT2D eigenvalue weighted by Gasteiger charge is 2.37. The third-order valence-electron chi connectivity index (χ3n) is 4.24. The number of esters is 1. The summed E-state index contributed by atoms with van der Waals surface area (Å²) in [6.45, 7) is 5.74. The van der Waals surface area contributed by atoms with Gasteiger partial charge in [-0.15, -0.1) is 0 Å². The van der Waals surface area contributed by atoms with E-state index < -0.39 is 5.41 Å². The van der Waals surface area contributed by atoms with E-state index >= 15 is 0 Å². The number of benzene rings is 1. The molecule has 0 amide bonds. The Labute approximate surface area is 140 Å². The van der Waals surface area contributed by atoms with Crippen molar-refractivity contribution in [2.75, 3.05) is 26.7 Å². The average Bonchev–Trinajstić information content (AvgIpc) is 3.00. The van der Waals surface area contributed by atoms with Crippen LogP contribution in [0.5, 0.6) is 5.75 Å². The summed E-state index contributed by atoms with van der Waals surface area (Å²) in [4.78, 5) is 13.9. The van der Waals surface area contributed by atoms with E-state index in [2.05, 4.69) is 21.2 Å². The number of nitrogens with zero attached hydrogens (tertiary/aromatic N) is 3. The zero-order valence-corrected chi connectivity index (χ0v) is 14.0. The zero-order valence-electron chi connectivity index (χ0n) is 14.0. The topological polar surface area (TPSA) is 91.2 Å². The summed E-state index contributed by atoms with van der Waals surface area (Å²) < 4.78 is 10.8. The molecule has 1 aliphatic heterocycles. The van der Waals surface area contributed by atoms with E-state index in [0.717, 1.165) is 5.39 Å². The summed E-state index contributed by atoms with van der Waals surface area (Å²) >= 11 is 0. The molecule has 3 rings (SSSR count). The Bertz CT molecular complexity index is 800. The summed E-state index contributed by atoms with van der Waals surface area (Å²) in [5.74, 6) is 0.299. The molecule has 2 heterocycles. The lowest BCUT2D eigenvalue weighted by Gasteiger charge is -2.42. The average molecular weight is 328 g/mol. The number of hydrogen-bond acceptors (Lipinski definition) is 6. The number of fused-ring (bicyclic) bond motifs is 1. The van der Waals surface area contributed by atoms with Crippen molar-refractivity contribution in [1.82, 2.24) is 15.1 Å². The van der Waals surface area contributed by atoms with E-state index in [1.807, 2.05) is 19.9 Å². The van der Waals surface area contributed by atoms with Crippen LogP contribution in [0.15, 0.2) is 18.3 Å². The molecule has 2 aromatic rings. The summed E-state index contributed by atoms with van der Waals surface area (Å²) in [6.07, 6.45) is 1.75. The number of H-pyrrole nitrogens is 1. The first kappa shape index (κ1) is 16.3. The second-order valence-electron chi connectivity index (χ2n) is 6.69. The number of carbonyl (C=O) groups excluding carboxylic acids is 1. The lowest BCUT2D eigenvalue weighted by molar-refractivity contribution is -0.153. The van der Waals surface area contributed by atoms with Crippen molar-refractivity contribution in [3.8, 4) is 11.8 Å². The maximum atomic E-state index is 11.8. The first-order valence-electron chi connectivity index (χ1n) is 7.78. The van der Waals surface area contributed by atoms with Gasteiger partial charge in [0.25, 0.3) is 0 Å². The van der Waals surface area contributed by atoms with Crippen LogP contribution in [-0.2, 0) is 9.53 Å². The minimum Gasteiger partial charge on any atom is -0.484 e. The predicted molar refractivity (Wildman–Crippen MR) is 87.5 cm³/mol. The Morgan fingerprint density at radius 3 is 2.92 bits per heavy atom. The van der Waals surface area contributed by atoms with Gasteiger partial charge in [0.15, 0.2) is 5.75 Å². The molecular formula is C17H20N4O3. The lowest BCUT2D eigenvalue weighted by atomic mass is 9.91. The molecule has 0 atom stereocenters. The van der Waals surface area contributed by atoms with Crippen molar-refractivity contribution in [3.05, 3.63) is 23.9 Å². The monoisotopic (exact) mass is 328 g/mol. The first-order chi connectivity index (χ1) is 11.4. The molecule has 0 saturated carbocycles. The van der Waals surface area contributed by atoms with Gasteiger partial charge in [-0.05, 0) is 26.0 Å². The first-order valence-corrected chi connectivity index (χ1v) is 7.78. The molecule has 0 radical (unpaired) electrons. The van der Waals surface area contributed by atoms with Gasteiger partial charge in [-0.3, -0.25) is 14.8 Å². The van der Waals surface area contributed by atoms with Crippen molar-refractivity contribution in [2.24, 2.45) is 5.41 Å². The third-order valence-corrected chi connectivity index (χ3v) is 4.24. The summed E-state index contributed by atoms with van der Waals surface area (Å²) in [5.41, 5.74) is 0.588. The molecule has 1 fully saturated rings. The van der Waals surface area contributed by atoms with Crippen LogP contribution in [0.1, 0.15) is 19.4 Å². The van der Waals surface area contributed by atoms with Crippen molar-refractivity contribution in [2.45, 2.75) is 20.0 Å². The second-order valence-corrected chi connectivity index (χ2v) is 6.69. The molecule has 0 unspecified atom stereocenters. The Morgan fingerprint density at radius 1 is 1.50 bits per heavy atom. The number of nitrogens with one attached hydrogen (secondary N) is 1. The number of likely N-dealkylation sites (tertiary alicyclic amines) is 1.